The standard InChI is InChI=1S/C52H35BN2OSi/c1-4-21-37(22-5-1)54-44-30-14-12-28-41(44)53-42-29-13-17-34-48(42)57(38-23-6-2-7-24-38,39-25-8-3-9-26-39)49-35-46-52(51(54)50(49)53)56-47-33-16-15-31-45(47)55(46)43-32-18-20-36-19-10-11-27-40(36)43/h1-35H. The van der Waals surface area contributed by atoms with Gasteiger partial charge in [-0.05, 0) is 79.5 Å². The molecule has 57 heavy (non-hydrogen) atoms. The molecule has 0 spiro atoms. The molecule has 3 heterocycles. The minimum absolute atomic E-state index is 0.00696. The number of para-hydroxylation sites is 4. The van der Waals surface area contributed by atoms with Gasteiger partial charge in [0.1, 0.15) is 0 Å². The predicted molar refractivity (Wildman–Crippen MR) is 242 cm³/mol. The quantitative estimate of drug-likeness (QED) is 0.169. The van der Waals surface area contributed by atoms with E-state index in [1.165, 1.54) is 53.6 Å². The van der Waals surface area contributed by atoms with Crippen molar-refractivity contribution in [2.24, 2.45) is 0 Å². The number of fused-ring (bicyclic) bond motifs is 8. The molecular weight excluding hydrogens is 707 g/mol. The van der Waals surface area contributed by atoms with E-state index in [1.807, 2.05) is 0 Å². The molecule has 0 N–H and O–H groups in total. The maximum atomic E-state index is 7.38. The van der Waals surface area contributed by atoms with Gasteiger partial charge in [-0.3, -0.25) is 0 Å². The highest BCUT2D eigenvalue weighted by molar-refractivity contribution is 7.26. The second kappa shape index (κ2) is 12.5. The van der Waals surface area contributed by atoms with Crippen molar-refractivity contribution in [2.75, 3.05) is 9.80 Å². The summed E-state index contributed by atoms with van der Waals surface area (Å²) in [7, 11) is -3.03. The number of ether oxygens (including phenoxy) is 1. The smallest absolute Gasteiger partial charge is 0.246 e. The Morgan fingerprint density at radius 3 is 1.77 bits per heavy atom. The van der Waals surface area contributed by atoms with Gasteiger partial charge in [0, 0.05) is 16.8 Å². The second-order valence-electron chi connectivity index (χ2n) is 15.2. The van der Waals surface area contributed by atoms with Crippen LogP contribution in [0.3, 0.4) is 0 Å². The fourth-order valence-corrected chi connectivity index (χ4v) is 15.4. The van der Waals surface area contributed by atoms with Crippen LogP contribution in [0.4, 0.5) is 34.1 Å². The number of hydrogen-bond acceptors (Lipinski definition) is 3. The molecule has 9 aromatic rings. The summed E-state index contributed by atoms with van der Waals surface area (Å²) in [4.78, 5) is 4.96. The van der Waals surface area contributed by atoms with E-state index in [4.69, 9.17) is 4.74 Å². The zero-order valence-corrected chi connectivity index (χ0v) is 32.1. The van der Waals surface area contributed by atoms with Gasteiger partial charge < -0.3 is 14.5 Å². The molecule has 0 atom stereocenters. The molecule has 266 valence electrons. The minimum Gasteiger partial charge on any atom is -0.451 e. The summed E-state index contributed by atoms with van der Waals surface area (Å²) < 4.78 is 7.38. The average molecular weight is 743 g/mol. The summed E-state index contributed by atoms with van der Waals surface area (Å²) in [6.07, 6.45) is 0. The van der Waals surface area contributed by atoms with Gasteiger partial charge >= 0.3 is 0 Å². The van der Waals surface area contributed by atoms with Gasteiger partial charge in [0.2, 0.25) is 6.71 Å². The van der Waals surface area contributed by atoms with Crippen molar-refractivity contribution in [1.82, 2.24) is 0 Å². The van der Waals surface area contributed by atoms with Gasteiger partial charge in [-0.25, -0.2) is 0 Å². The molecule has 3 aliphatic heterocycles. The largest absolute Gasteiger partial charge is 0.451 e. The van der Waals surface area contributed by atoms with Crippen molar-refractivity contribution in [3.8, 4) is 11.5 Å². The lowest BCUT2D eigenvalue weighted by Gasteiger charge is -2.49. The van der Waals surface area contributed by atoms with Crippen LogP contribution in [0.25, 0.3) is 10.8 Å². The number of nitrogens with zero attached hydrogens (tertiary/aromatic N) is 2. The zero-order chi connectivity index (χ0) is 37.5. The Hall–Kier alpha value is -7.08. The zero-order valence-electron chi connectivity index (χ0n) is 31.1. The molecular formula is C52H35BN2OSi. The molecule has 12 rings (SSSR count). The Labute approximate surface area is 333 Å². The molecule has 0 saturated carbocycles. The van der Waals surface area contributed by atoms with Crippen LogP contribution in [-0.4, -0.2) is 14.8 Å². The van der Waals surface area contributed by atoms with Gasteiger partial charge in [-0.1, -0.05) is 175 Å². The van der Waals surface area contributed by atoms with Crippen LogP contribution < -0.4 is 51.7 Å². The monoisotopic (exact) mass is 742 g/mol. The topological polar surface area (TPSA) is 15.7 Å². The van der Waals surface area contributed by atoms with Crippen molar-refractivity contribution >= 4 is 96.8 Å². The van der Waals surface area contributed by atoms with E-state index in [1.54, 1.807) is 0 Å². The van der Waals surface area contributed by atoms with Crippen LogP contribution >= 0.6 is 0 Å². The molecule has 0 bridgehead atoms. The second-order valence-corrected chi connectivity index (χ2v) is 18.9. The van der Waals surface area contributed by atoms with Crippen LogP contribution in [0, 0.1) is 0 Å². The van der Waals surface area contributed by atoms with Crippen LogP contribution in [0.1, 0.15) is 0 Å². The molecule has 0 aromatic heterocycles. The first-order chi connectivity index (χ1) is 28.3. The van der Waals surface area contributed by atoms with Crippen LogP contribution in [-0.2, 0) is 0 Å². The summed E-state index contributed by atoms with van der Waals surface area (Å²) in [5, 5.41) is 7.94. The normalized spacial score (nSPS) is 14.1. The Morgan fingerprint density at radius 1 is 0.421 bits per heavy atom. The molecule has 0 amide bonds. The first kappa shape index (κ1) is 32.2. The average Bonchev–Trinajstić information content (AvgIpc) is 3.29. The van der Waals surface area contributed by atoms with E-state index in [-0.39, 0.29) is 6.71 Å². The number of hydrogen-bond donors (Lipinski definition) is 0. The minimum atomic E-state index is -3.03. The Morgan fingerprint density at radius 2 is 1.00 bits per heavy atom. The molecule has 0 saturated heterocycles. The molecule has 0 radical (unpaired) electrons. The molecule has 3 nitrogen and oxygen atoms in total. The maximum Gasteiger partial charge on any atom is 0.246 e. The van der Waals surface area contributed by atoms with Crippen LogP contribution in [0.5, 0.6) is 11.5 Å². The summed E-state index contributed by atoms with van der Waals surface area (Å²) in [6.45, 7) is -0.00696. The van der Waals surface area contributed by atoms with Gasteiger partial charge in [0.15, 0.2) is 19.6 Å². The van der Waals surface area contributed by atoms with Crippen molar-refractivity contribution in [3.63, 3.8) is 0 Å². The predicted octanol–water partition coefficient (Wildman–Crippen LogP) is 8.41. The Balaban J connectivity index is 1.31. The van der Waals surface area contributed by atoms with E-state index in [9.17, 15) is 0 Å². The van der Waals surface area contributed by atoms with Gasteiger partial charge in [0.25, 0.3) is 0 Å². The van der Waals surface area contributed by atoms with Crippen molar-refractivity contribution in [1.29, 1.82) is 0 Å². The van der Waals surface area contributed by atoms with Crippen molar-refractivity contribution in [2.45, 2.75) is 0 Å². The summed E-state index contributed by atoms with van der Waals surface area (Å²) in [6, 6.07) is 78.3. The van der Waals surface area contributed by atoms with E-state index in [0.717, 1.165) is 39.9 Å². The Kier molecular flexibility index (Phi) is 7.04. The third-order valence-electron chi connectivity index (χ3n) is 12.3. The lowest BCUT2D eigenvalue weighted by atomic mass is 9.34. The lowest BCUT2D eigenvalue weighted by molar-refractivity contribution is 0.478. The molecule has 0 fully saturated rings. The fraction of sp³-hybridized carbons (Fsp3) is 0. The van der Waals surface area contributed by atoms with E-state index < -0.39 is 8.07 Å². The highest BCUT2D eigenvalue weighted by atomic mass is 28.3. The van der Waals surface area contributed by atoms with Crippen LogP contribution in [0.2, 0.25) is 0 Å². The number of benzene rings is 9. The highest BCUT2D eigenvalue weighted by Crippen LogP contribution is 2.56. The Bertz CT molecular complexity index is 2980. The van der Waals surface area contributed by atoms with Gasteiger partial charge in [-0.2, -0.15) is 0 Å². The van der Waals surface area contributed by atoms with Crippen molar-refractivity contribution < 1.29 is 4.74 Å². The number of anilines is 6. The molecule has 9 aromatic carbocycles. The first-order valence-corrected chi connectivity index (χ1v) is 21.7. The van der Waals surface area contributed by atoms with Crippen LogP contribution in [0.15, 0.2) is 212 Å². The lowest BCUT2D eigenvalue weighted by Crippen LogP contribution is -2.87. The fourth-order valence-electron chi connectivity index (χ4n) is 10.2. The number of rotatable bonds is 4. The molecule has 3 aliphatic rings. The van der Waals surface area contributed by atoms with Gasteiger partial charge in [-0.15, -0.1) is 0 Å². The first-order valence-electron chi connectivity index (χ1n) is 19.7. The van der Waals surface area contributed by atoms with E-state index in [2.05, 4.69) is 222 Å². The maximum absolute atomic E-state index is 7.38. The van der Waals surface area contributed by atoms with E-state index in [0.29, 0.717) is 0 Å². The molecule has 0 unspecified atom stereocenters. The van der Waals surface area contributed by atoms with Crippen molar-refractivity contribution in [3.05, 3.63) is 212 Å². The van der Waals surface area contributed by atoms with E-state index >= 15 is 0 Å². The molecule has 5 heteroatoms. The summed E-state index contributed by atoms with van der Waals surface area (Å²) in [5.41, 5.74) is 10.6. The summed E-state index contributed by atoms with van der Waals surface area (Å²) >= 11 is 0. The third-order valence-corrected chi connectivity index (χ3v) is 17.2. The molecule has 0 aliphatic carbocycles. The summed E-state index contributed by atoms with van der Waals surface area (Å²) in [5.74, 6) is 1.70. The highest BCUT2D eigenvalue weighted by Gasteiger charge is 2.54. The van der Waals surface area contributed by atoms with Gasteiger partial charge in [0.05, 0.1) is 22.7 Å². The SMILES string of the molecule is c1ccc(N2c3ccccc3B3c4ccccc4[Si](c4ccccc4)(c4ccccc4)c4cc5c(c2c43)Oc2ccccc2N5c2cccc3ccccc23)cc1. The third kappa shape index (κ3) is 4.49.